The molecule has 3 atom stereocenters. The average Bonchev–Trinajstić information content (AvgIpc) is 2.86. The second-order valence-corrected chi connectivity index (χ2v) is 5.74. The maximum atomic E-state index is 13.5. The second kappa shape index (κ2) is 7.01. The Balaban J connectivity index is 1.78. The van der Waals surface area contributed by atoms with Gasteiger partial charge in [0.1, 0.15) is 5.82 Å². The Bertz CT molecular complexity index is 396. The summed E-state index contributed by atoms with van der Waals surface area (Å²) < 4.78 is 13.5. The Hall–Kier alpha value is -0.930. The molecule has 1 aliphatic carbocycles. The summed E-state index contributed by atoms with van der Waals surface area (Å²) in [6.07, 6.45) is 4.28. The normalized spacial score (nSPS) is 24.6. The molecule has 1 saturated carbocycles. The highest BCUT2D eigenvalue weighted by Crippen LogP contribution is 2.30. The van der Waals surface area contributed by atoms with Gasteiger partial charge in [-0.15, -0.1) is 0 Å². The standard InChI is InChI=1S/C16H24FNO/c1-12(9-13-5-2-3-8-16(13)17)18-10-14-6-4-7-15(14)11-19/h2-3,5,8,12,14-15,18-19H,4,6-7,9-11H2,1H3. The number of nitrogens with one attached hydrogen (secondary N) is 1. The van der Waals surface area contributed by atoms with E-state index in [4.69, 9.17) is 0 Å². The molecule has 0 aliphatic heterocycles. The molecule has 0 amide bonds. The highest BCUT2D eigenvalue weighted by Gasteiger charge is 2.26. The number of aliphatic hydroxyl groups is 1. The third-order valence-electron chi connectivity index (χ3n) is 4.26. The van der Waals surface area contributed by atoms with E-state index in [1.165, 1.54) is 18.9 Å². The van der Waals surface area contributed by atoms with Crippen molar-refractivity contribution in [3.05, 3.63) is 35.6 Å². The monoisotopic (exact) mass is 265 g/mol. The number of hydrogen-bond donors (Lipinski definition) is 2. The van der Waals surface area contributed by atoms with Crippen LogP contribution < -0.4 is 5.32 Å². The van der Waals surface area contributed by atoms with Crippen molar-refractivity contribution >= 4 is 0 Å². The lowest BCUT2D eigenvalue weighted by atomic mass is 9.96. The molecule has 1 fully saturated rings. The Kier molecular flexibility index (Phi) is 5.34. The zero-order valence-electron chi connectivity index (χ0n) is 11.6. The molecule has 2 N–H and O–H groups in total. The molecule has 19 heavy (non-hydrogen) atoms. The van der Waals surface area contributed by atoms with E-state index in [0.29, 0.717) is 24.9 Å². The summed E-state index contributed by atoms with van der Waals surface area (Å²) in [7, 11) is 0. The predicted octanol–water partition coefficient (Wildman–Crippen LogP) is 2.75. The summed E-state index contributed by atoms with van der Waals surface area (Å²) in [4.78, 5) is 0. The lowest BCUT2D eigenvalue weighted by Gasteiger charge is -2.21. The van der Waals surface area contributed by atoms with E-state index in [1.54, 1.807) is 6.07 Å². The molecule has 1 aromatic carbocycles. The van der Waals surface area contributed by atoms with Crippen LogP contribution in [0.5, 0.6) is 0 Å². The van der Waals surface area contributed by atoms with Crippen LogP contribution in [0, 0.1) is 17.7 Å². The van der Waals surface area contributed by atoms with Gasteiger partial charge in [-0.1, -0.05) is 24.6 Å². The third-order valence-corrected chi connectivity index (χ3v) is 4.26. The van der Waals surface area contributed by atoms with Gasteiger partial charge in [0.15, 0.2) is 0 Å². The van der Waals surface area contributed by atoms with Crippen LogP contribution in [-0.4, -0.2) is 24.3 Å². The minimum Gasteiger partial charge on any atom is -0.396 e. The molecule has 1 aliphatic rings. The maximum Gasteiger partial charge on any atom is 0.126 e. The molecular weight excluding hydrogens is 241 g/mol. The van der Waals surface area contributed by atoms with E-state index in [2.05, 4.69) is 12.2 Å². The summed E-state index contributed by atoms with van der Waals surface area (Å²) >= 11 is 0. The van der Waals surface area contributed by atoms with Crippen molar-refractivity contribution in [2.45, 2.75) is 38.6 Å². The number of aliphatic hydroxyl groups excluding tert-OH is 1. The molecule has 2 nitrogen and oxygen atoms in total. The molecule has 2 rings (SSSR count). The van der Waals surface area contributed by atoms with E-state index in [0.717, 1.165) is 18.5 Å². The van der Waals surface area contributed by atoms with Gasteiger partial charge in [0.25, 0.3) is 0 Å². The van der Waals surface area contributed by atoms with Gasteiger partial charge in [-0.2, -0.15) is 0 Å². The van der Waals surface area contributed by atoms with Crippen molar-refractivity contribution in [1.29, 1.82) is 0 Å². The molecule has 0 bridgehead atoms. The van der Waals surface area contributed by atoms with Gasteiger partial charge in [0.2, 0.25) is 0 Å². The highest BCUT2D eigenvalue weighted by atomic mass is 19.1. The minimum absolute atomic E-state index is 0.120. The van der Waals surface area contributed by atoms with Crippen molar-refractivity contribution in [2.24, 2.45) is 11.8 Å². The molecular formula is C16H24FNO. The predicted molar refractivity (Wildman–Crippen MR) is 75.5 cm³/mol. The topological polar surface area (TPSA) is 32.3 Å². The Morgan fingerprint density at radius 3 is 2.79 bits per heavy atom. The SMILES string of the molecule is CC(Cc1ccccc1F)NCC1CCCC1CO. The van der Waals surface area contributed by atoms with Crippen LogP contribution in [0.1, 0.15) is 31.7 Å². The molecule has 0 heterocycles. The Morgan fingerprint density at radius 1 is 1.32 bits per heavy atom. The van der Waals surface area contributed by atoms with E-state index in [9.17, 15) is 9.50 Å². The summed E-state index contributed by atoms with van der Waals surface area (Å²) in [5.74, 6) is 0.909. The number of halogens is 1. The summed E-state index contributed by atoms with van der Waals surface area (Å²) in [5, 5.41) is 12.8. The van der Waals surface area contributed by atoms with Crippen molar-refractivity contribution < 1.29 is 9.50 Å². The second-order valence-electron chi connectivity index (χ2n) is 5.74. The van der Waals surface area contributed by atoms with Crippen LogP contribution in [0.4, 0.5) is 4.39 Å². The third kappa shape index (κ3) is 4.02. The number of benzene rings is 1. The van der Waals surface area contributed by atoms with Crippen molar-refractivity contribution in [3.8, 4) is 0 Å². The maximum absolute atomic E-state index is 13.5. The quantitative estimate of drug-likeness (QED) is 0.829. The Morgan fingerprint density at radius 2 is 2.05 bits per heavy atom. The number of rotatable bonds is 6. The minimum atomic E-state index is -0.120. The van der Waals surface area contributed by atoms with E-state index in [1.807, 2.05) is 12.1 Å². The van der Waals surface area contributed by atoms with Crippen molar-refractivity contribution in [3.63, 3.8) is 0 Å². The highest BCUT2D eigenvalue weighted by molar-refractivity contribution is 5.18. The van der Waals surface area contributed by atoms with Crippen LogP contribution in [0.3, 0.4) is 0 Å². The first kappa shape index (κ1) is 14.5. The molecule has 0 saturated heterocycles. The number of hydrogen-bond acceptors (Lipinski definition) is 2. The fraction of sp³-hybridized carbons (Fsp3) is 0.625. The molecule has 0 radical (unpaired) electrons. The molecule has 3 unspecified atom stereocenters. The first-order valence-electron chi connectivity index (χ1n) is 7.28. The van der Waals surface area contributed by atoms with Crippen LogP contribution in [0.15, 0.2) is 24.3 Å². The molecule has 106 valence electrons. The van der Waals surface area contributed by atoms with Gasteiger partial charge in [0.05, 0.1) is 0 Å². The van der Waals surface area contributed by atoms with E-state index < -0.39 is 0 Å². The van der Waals surface area contributed by atoms with Crippen LogP contribution in [0.25, 0.3) is 0 Å². The van der Waals surface area contributed by atoms with Gasteiger partial charge in [0, 0.05) is 12.6 Å². The largest absolute Gasteiger partial charge is 0.396 e. The van der Waals surface area contributed by atoms with E-state index in [-0.39, 0.29) is 11.9 Å². The Labute approximate surface area is 115 Å². The first-order valence-corrected chi connectivity index (χ1v) is 7.28. The van der Waals surface area contributed by atoms with Gasteiger partial charge < -0.3 is 10.4 Å². The fourth-order valence-electron chi connectivity index (χ4n) is 3.04. The van der Waals surface area contributed by atoms with Crippen LogP contribution in [0.2, 0.25) is 0 Å². The molecule has 0 spiro atoms. The molecule has 3 heteroatoms. The molecule has 0 aromatic heterocycles. The lowest BCUT2D eigenvalue weighted by Crippen LogP contribution is -2.34. The summed E-state index contributed by atoms with van der Waals surface area (Å²) in [5.41, 5.74) is 0.771. The van der Waals surface area contributed by atoms with Crippen molar-refractivity contribution in [2.75, 3.05) is 13.2 Å². The van der Waals surface area contributed by atoms with Gasteiger partial charge in [-0.3, -0.25) is 0 Å². The fourth-order valence-corrected chi connectivity index (χ4v) is 3.04. The van der Waals surface area contributed by atoms with Gasteiger partial charge in [-0.05, 0) is 56.2 Å². The summed E-state index contributed by atoms with van der Waals surface area (Å²) in [6.45, 7) is 3.32. The zero-order chi connectivity index (χ0) is 13.7. The summed E-state index contributed by atoms with van der Waals surface area (Å²) in [6, 6.07) is 7.22. The lowest BCUT2D eigenvalue weighted by molar-refractivity contribution is 0.190. The van der Waals surface area contributed by atoms with Gasteiger partial charge in [-0.25, -0.2) is 4.39 Å². The van der Waals surface area contributed by atoms with Gasteiger partial charge >= 0.3 is 0 Å². The van der Waals surface area contributed by atoms with Crippen LogP contribution >= 0.6 is 0 Å². The van der Waals surface area contributed by atoms with Crippen molar-refractivity contribution in [1.82, 2.24) is 5.32 Å². The first-order chi connectivity index (χ1) is 9.20. The van der Waals surface area contributed by atoms with E-state index >= 15 is 0 Å². The molecule has 1 aromatic rings. The smallest absolute Gasteiger partial charge is 0.126 e. The average molecular weight is 265 g/mol. The zero-order valence-corrected chi connectivity index (χ0v) is 11.6. The van der Waals surface area contributed by atoms with Crippen LogP contribution in [-0.2, 0) is 6.42 Å².